The molecular formula is C18H22N2O2. The Balaban J connectivity index is 2.05. The number of hydrogen-bond donors (Lipinski definition) is 0. The van der Waals surface area contributed by atoms with Crippen LogP contribution in [0.15, 0.2) is 24.3 Å². The lowest BCUT2D eigenvalue weighted by atomic mass is 9.75. The molecular weight excluding hydrogens is 276 g/mol. The lowest BCUT2D eigenvalue weighted by Gasteiger charge is -2.29. The number of ketones is 1. The summed E-state index contributed by atoms with van der Waals surface area (Å²) in [5.74, 6) is 1.06. The Bertz CT molecular complexity index is 711. The second-order valence-electron chi connectivity index (χ2n) is 6.69. The van der Waals surface area contributed by atoms with Gasteiger partial charge in [-0.15, -0.1) is 0 Å². The van der Waals surface area contributed by atoms with Crippen LogP contribution in [0.3, 0.4) is 0 Å². The Hall–Kier alpha value is -2.10. The van der Waals surface area contributed by atoms with Gasteiger partial charge in [0.1, 0.15) is 5.75 Å². The Kier molecular flexibility index (Phi) is 3.55. The molecule has 0 N–H and O–H groups in total. The van der Waals surface area contributed by atoms with Crippen molar-refractivity contribution in [3.63, 3.8) is 0 Å². The molecule has 0 saturated heterocycles. The van der Waals surface area contributed by atoms with Crippen molar-refractivity contribution < 1.29 is 9.53 Å². The average molecular weight is 298 g/mol. The molecule has 1 aromatic heterocycles. The Morgan fingerprint density at radius 2 is 1.91 bits per heavy atom. The molecule has 2 aromatic rings. The van der Waals surface area contributed by atoms with Crippen molar-refractivity contribution in [2.45, 2.75) is 40.5 Å². The Labute approximate surface area is 131 Å². The van der Waals surface area contributed by atoms with Crippen LogP contribution in [0.2, 0.25) is 0 Å². The fraction of sp³-hybridized carbons (Fsp3) is 0.444. The monoisotopic (exact) mass is 298 g/mol. The van der Waals surface area contributed by atoms with E-state index in [4.69, 9.17) is 4.74 Å². The quantitative estimate of drug-likeness (QED) is 0.867. The van der Waals surface area contributed by atoms with Crippen LogP contribution in [0.5, 0.6) is 5.75 Å². The number of aromatic nitrogens is 2. The van der Waals surface area contributed by atoms with Gasteiger partial charge in [-0.3, -0.25) is 4.79 Å². The highest BCUT2D eigenvalue weighted by Crippen LogP contribution is 2.37. The molecule has 4 heteroatoms. The zero-order chi connectivity index (χ0) is 15.9. The van der Waals surface area contributed by atoms with Gasteiger partial charge in [-0.1, -0.05) is 13.8 Å². The second kappa shape index (κ2) is 5.27. The average Bonchev–Trinajstić information content (AvgIpc) is 2.75. The highest BCUT2D eigenvalue weighted by Gasteiger charge is 2.35. The molecule has 0 fully saturated rings. The highest BCUT2D eigenvalue weighted by molar-refractivity contribution is 5.99. The molecule has 22 heavy (non-hydrogen) atoms. The first-order valence-electron chi connectivity index (χ1n) is 7.76. The van der Waals surface area contributed by atoms with Crippen LogP contribution in [0.1, 0.15) is 48.9 Å². The molecule has 116 valence electrons. The van der Waals surface area contributed by atoms with Gasteiger partial charge in [-0.05, 0) is 49.9 Å². The van der Waals surface area contributed by atoms with Crippen molar-refractivity contribution >= 4 is 5.78 Å². The summed E-state index contributed by atoms with van der Waals surface area (Å²) < 4.78 is 7.40. The fourth-order valence-corrected chi connectivity index (χ4v) is 3.20. The number of Topliss-reactive ketones (excluding diaryl/α,β-unsaturated/α-hetero) is 1. The van der Waals surface area contributed by atoms with Gasteiger partial charge in [0.15, 0.2) is 5.78 Å². The van der Waals surface area contributed by atoms with Crippen molar-refractivity contribution in [3.05, 3.63) is 41.2 Å². The first-order valence-corrected chi connectivity index (χ1v) is 7.76. The van der Waals surface area contributed by atoms with Crippen molar-refractivity contribution in [2.24, 2.45) is 5.41 Å². The van der Waals surface area contributed by atoms with Crippen LogP contribution in [-0.2, 0) is 6.42 Å². The van der Waals surface area contributed by atoms with Gasteiger partial charge < -0.3 is 4.74 Å². The highest BCUT2D eigenvalue weighted by atomic mass is 16.5. The molecule has 0 unspecified atom stereocenters. The molecule has 0 bridgehead atoms. The normalized spacial score (nSPS) is 16.5. The van der Waals surface area contributed by atoms with Crippen LogP contribution in [0, 0.1) is 12.3 Å². The van der Waals surface area contributed by atoms with E-state index < -0.39 is 0 Å². The number of hydrogen-bond acceptors (Lipinski definition) is 3. The summed E-state index contributed by atoms with van der Waals surface area (Å²) in [6, 6.07) is 7.86. The van der Waals surface area contributed by atoms with E-state index >= 15 is 0 Å². The van der Waals surface area contributed by atoms with Crippen LogP contribution < -0.4 is 4.74 Å². The lowest BCUT2D eigenvalue weighted by molar-refractivity contribution is 0.0910. The molecule has 0 amide bonds. The predicted molar refractivity (Wildman–Crippen MR) is 85.9 cm³/mol. The minimum Gasteiger partial charge on any atom is -0.494 e. The first-order chi connectivity index (χ1) is 10.4. The van der Waals surface area contributed by atoms with Gasteiger partial charge in [0.25, 0.3) is 0 Å². The van der Waals surface area contributed by atoms with E-state index in [0.29, 0.717) is 13.0 Å². The second-order valence-corrected chi connectivity index (χ2v) is 6.69. The number of nitrogens with zero attached hydrogens (tertiary/aromatic N) is 2. The van der Waals surface area contributed by atoms with Gasteiger partial charge in [0.05, 0.1) is 29.2 Å². The van der Waals surface area contributed by atoms with Crippen molar-refractivity contribution in [1.29, 1.82) is 0 Å². The van der Waals surface area contributed by atoms with Crippen molar-refractivity contribution in [1.82, 2.24) is 9.78 Å². The van der Waals surface area contributed by atoms with E-state index in [2.05, 4.69) is 18.9 Å². The fourth-order valence-electron chi connectivity index (χ4n) is 3.20. The SMILES string of the molecule is CCOc1ccc(-n2nc(C)c3c2CC(C)(C)CC3=O)cc1. The van der Waals surface area contributed by atoms with Gasteiger partial charge in [-0.25, -0.2) is 4.68 Å². The van der Waals surface area contributed by atoms with Crippen molar-refractivity contribution in [2.75, 3.05) is 6.61 Å². The third-order valence-electron chi connectivity index (χ3n) is 4.11. The maximum absolute atomic E-state index is 12.4. The van der Waals surface area contributed by atoms with Crippen LogP contribution in [0.25, 0.3) is 5.69 Å². The molecule has 0 saturated carbocycles. The maximum Gasteiger partial charge on any atom is 0.167 e. The molecule has 3 rings (SSSR count). The predicted octanol–water partition coefficient (Wildman–Crippen LogP) is 3.73. The molecule has 1 aliphatic carbocycles. The largest absolute Gasteiger partial charge is 0.494 e. The Morgan fingerprint density at radius 3 is 2.55 bits per heavy atom. The van der Waals surface area contributed by atoms with E-state index in [1.807, 2.05) is 42.8 Å². The number of fused-ring (bicyclic) bond motifs is 1. The first kappa shape index (κ1) is 14.8. The summed E-state index contributed by atoms with van der Waals surface area (Å²) in [4.78, 5) is 12.4. The summed E-state index contributed by atoms with van der Waals surface area (Å²) in [5, 5.41) is 4.61. The van der Waals surface area contributed by atoms with Crippen LogP contribution in [-0.4, -0.2) is 22.2 Å². The standard InChI is InChI=1S/C18H22N2O2/c1-5-22-14-8-6-13(7-9-14)20-15-10-18(3,4)11-16(21)17(15)12(2)19-20/h6-9H,5,10-11H2,1-4H3. The van der Waals surface area contributed by atoms with Gasteiger partial charge >= 0.3 is 0 Å². The van der Waals surface area contributed by atoms with E-state index in [9.17, 15) is 4.79 Å². The number of carbonyl (C=O) groups is 1. The van der Waals surface area contributed by atoms with E-state index in [1.54, 1.807) is 0 Å². The third-order valence-corrected chi connectivity index (χ3v) is 4.11. The number of benzene rings is 1. The summed E-state index contributed by atoms with van der Waals surface area (Å²) >= 11 is 0. The Morgan fingerprint density at radius 1 is 1.23 bits per heavy atom. The van der Waals surface area contributed by atoms with Gasteiger partial charge in [0.2, 0.25) is 0 Å². The van der Waals surface area contributed by atoms with E-state index in [-0.39, 0.29) is 11.2 Å². The molecule has 0 atom stereocenters. The number of aryl methyl sites for hydroxylation is 1. The summed E-state index contributed by atoms with van der Waals surface area (Å²) in [5.41, 5.74) is 3.62. The van der Waals surface area contributed by atoms with Gasteiger partial charge in [-0.2, -0.15) is 5.10 Å². The molecule has 1 aliphatic rings. The minimum atomic E-state index is -0.0143. The summed E-state index contributed by atoms with van der Waals surface area (Å²) in [6.07, 6.45) is 1.46. The van der Waals surface area contributed by atoms with Crippen LogP contribution >= 0.6 is 0 Å². The molecule has 1 aromatic carbocycles. The number of carbonyl (C=O) groups excluding carboxylic acids is 1. The molecule has 0 aliphatic heterocycles. The topological polar surface area (TPSA) is 44.1 Å². The summed E-state index contributed by atoms with van der Waals surface area (Å²) in [6.45, 7) is 8.81. The van der Waals surface area contributed by atoms with Gasteiger partial charge in [0, 0.05) is 6.42 Å². The van der Waals surface area contributed by atoms with E-state index in [0.717, 1.165) is 34.8 Å². The molecule has 1 heterocycles. The number of ether oxygens (including phenoxy) is 1. The minimum absolute atomic E-state index is 0.0143. The van der Waals surface area contributed by atoms with Crippen molar-refractivity contribution in [3.8, 4) is 11.4 Å². The van der Waals surface area contributed by atoms with E-state index in [1.165, 1.54) is 0 Å². The number of rotatable bonds is 3. The molecule has 4 nitrogen and oxygen atoms in total. The zero-order valence-electron chi connectivity index (χ0n) is 13.6. The molecule has 0 spiro atoms. The van der Waals surface area contributed by atoms with Crippen LogP contribution in [0.4, 0.5) is 0 Å². The zero-order valence-corrected chi connectivity index (χ0v) is 13.6. The molecule has 0 radical (unpaired) electrons. The smallest absolute Gasteiger partial charge is 0.167 e. The summed E-state index contributed by atoms with van der Waals surface area (Å²) in [7, 11) is 0. The third kappa shape index (κ3) is 2.54. The lowest BCUT2D eigenvalue weighted by Crippen LogP contribution is -2.28. The maximum atomic E-state index is 12.4.